The van der Waals surface area contributed by atoms with Gasteiger partial charge in [-0.1, -0.05) is 254 Å². The van der Waals surface area contributed by atoms with E-state index in [1.54, 1.807) is 0 Å². The van der Waals surface area contributed by atoms with Crippen LogP contribution in [0.4, 0.5) is 0 Å². The molecule has 0 atom stereocenters. The van der Waals surface area contributed by atoms with Crippen LogP contribution in [0.25, 0.3) is 42.4 Å². The van der Waals surface area contributed by atoms with E-state index < -0.39 is 0 Å². The van der Waals surface area contributed by atoms with Gasteiger partial charge in [0.25, 0.3) is 0 Å². The topological polar surface area (TPSA) is 0 Å². The molecule has 2 heteroatoms. The Bertz CT molecular complexity index is 2930. The third-order valence-electron chi connectivity index (χ3n) is 10.4. The summed E-state index contributed by atoms with van der Waals surface area (Å²) in [6.45, 7) is 0. The van der Waals surface area contributed by atoms with Crippen molar-refractivity contribution in [1.29, 1.82) is 0 Å². The zero-order chi connectivity index (χ0) is 45.3. The van der Waals surface area contributed by atoms with Crippen molar-refractivity contribution in [3.8, 4) is 34.1 Å². The van der Waals surface area contributed by atoms with E-state index >= 15 is 0 Å². The first kappa shape index (κ1) is 46.3. The first-order chi connectivity index (χ1) is 32.7. The monoisotopic (exact) mass is 884 g/mol. The Labute approximate surface area is 401 Å². The highest BCUT2D eigenvalue weighted by molar-refractivity contribution is 7.80. The maximum Gasteiger partial charge on any atom is 0.0355 e. The molecule has 11 aromatic rings. The molecule has 320 valence electrons. The molecule has 0 amide bonds. The standard InChI is InChI=1S/C14H14.C14H10.C12H8S.C12H10S.C12H10/c2*1-3-7-13(8-4-1)11-12-14-9-5-2-6-10-14;1-3-7-11-9(5-1)10-6-2-4-8-12(10)13-11;13-12-9-5-4-8-11(12)10-6-2-1-3-7-10;1-3-7-11(8-4-1)12-9-5-2-6-10-12/h1-10H,11-12H2;1-10H;1-8H;1-9,13H;1-10H. The molecule has 0 fully saturated rings. The molecular formula is C64H52S2. The van der Waals surface area contributed by atoms with Crippen LogP contribution in [0.5, 0.6) is 0 Å². The zero-order valence-electron chi connectivity index (χ0n) is 36.9. The van der Waals surface area contributed by atoms with Crippen molar-refractivity contribution in [3.05, 3.63) is 307 Å². The second-order valence-corrected chi connectivity index (χ2v) is 16.7. The van der Waals surface area contributed by atoms with Gasteiger partial charge in [-0.3, -0.25) is 0 Å². The summed E-state index contributed by atoms with van der Waals surface area (Å²) in [4.78, 5) is 1.02. The lowest BCUT2D eigenvalue weighted by atomic mass is 10.0. The molecule has 0 unspecified atom stereocenters. The highest BCUT2D eigenvalue weighted by Crippen LogP contribution is 2.33. The summed E-state index contributed by atoms with van der Waals surface area (Å²) in [6, 6.07) is 97.5. The first-order valence-corrected chi connectivity index (χ1v) is 23.5. The smallest absolute Gasteiger partial charge is 0.0355 e. The Hall–Kier alpha value is -7.67. The van der Waals surface area contributed by atoms with Crippen LogP contribution >= 0.6 is 24.0 Å². The summed E-state index contributed by atoms with van der Waals surface area (Å²) in [5.74, 6) is 6.22. The number of thiol groups is 1. The van der Waals surface area contributed by atoms with Crippen molar-refractivity contribution in [1.82, 2.24) is 0 Å². The molecule has 0 aliphatic rings. The molecule has 11 rings (SSSR count). The molecule has 0 saturated carbocycles. The number of fused-ring (bicyclic) bond motifs is 3. The third-order valence-corrected chi connectivity index (χ3v) is 12.0. The number of thiophene rings is 1. The molecule has 0 nitrogen and oxygen atoms in total. The minimum Gasteiger partial charge on any atom is -0.143 e. The number of rotatable bonds is 5. The maximum absolute atomic E-state index is 4.41. The summed E-state index contributed by atoms with van der Waals surface area (Å²) in [6.07, 6.45) is 2.26. The van der Waals surface area contributed by atoms with Gasteiger partial charge < -0.3 is 0 Å². The van der Waals surface area contributed by atoms with Gasteiger partial charge in [-0.2, -0.15) is 0 Å². The summed E-state index contributed by atoms with van der Waals surface area (Å²) in [7, 11) is 0. The van der Waals surface area contributed by atoms with Gasteiger partial charge in [-0.15, -0.1) is 24.0 Å². The lowest BCUT2D eigenvalue weighted by molar-refractivity contribution is 0.960. The Morgan fingerprint density at radius 1 is 0.288 bits per heavy atom. The van der Waals surface area contributed by atoms with E-state index in [-0.39, 0.29) is 0 Å². The summed E-state index contributed by atoms with van der Waals surface area (Å²) >= 11 is 6.27. The molecule has 1 aromatic heterocycles. The third kappa shape index (κ3) is 15.0. The number of aryl methyl sites for hydroxylation is 2. The van der Waals surface area contributed by atoms with Crippen LogP contribution in [0.1, 0.15) is 22.3 Å². The second kappa shape index (κ2) is 26.2. The van der Waals surface area contributed by atoms with Gasteiger partial charge >= 0.3 is 0 Å². The van der Waals surface area contributed by atoms with E-state index in [4.69, 9.17) is 0 Å². The van der Waals surface area contributed by atoms with Gasteiger partial charge in [0, 0.05) is 36.2 Å². The number of hydrogen-bond donors (Lipinski definition) is 1. The Balaban J connectivity index is 0.000000123. The lowest BCUT2D eigenvalue weighted by Gasteiger charge is -2.03. The Kier molecular flexibility index (Phi) is 18.4. The van der Waals surface area contributed by atoms with Gasteiger partial charge in [0.2, 0.25) is 0 Å². The molecule has 0 spiro atoms. The van der Waals surface area contributed by atoms with Gasteiger partial charge in [0.15, 0.2) is 0 Å². The fourth-order valence-electron chi connectivity index (χ4n) is 7.04. The summed E-state index contributed by atoms with van der Waals surface area (Å²) < 4.78 is 2.76. The van der Waals surface area contributed by atoms with Crippen LogP contribution in [-0.4, -0.2) is 0 Å². The average molecular weight is 885 g/mol. The first-order valence-electron chi connectivity index (χ1n) is 22.2. The van der Waals surface area contributed by atoms with E-state index in [1.165, 1.54) is 53.6 Å². The van der Waals surface area contributed by atoms with Gasteiger partial charge in [-0.05, 0) is 88.7 Å². The fraction of sp³-hybridized carbons (Fsp3) is 0.0312. The SMILES string of the molecule is C(#Cc1ccccc1)c1ccccc1.Sc1ccccc1-c1ccccc1.c1ccc(-c2ccccc2)cc1.c1ccc(CCc2ccccc2)cc1.c1ccc2c(c1)sc1ccccc12. The molecule has 0 aliphatic heterocycles. The largest absolute Gasteiger partial charge is 0.143 e. The molecule has 66 heavy (non-hydrogen) atoms. The van der Waals surface area contributed by atoms with E-state index in [9.17, 15) is 0 Å². The van der Waals surface area contributed by atoms with Crippen LogP contribution in [-0.2, 0) is 12.8 Å². The van der Waals surface area contributed by atoms with Crippen molar-refractivity contribution >= 4 is 44.1 Å². The minimum atomic E-state index is 1.02. The van der Waals surface area contributed by atoms with Crippen molar-refractivity contribution < 1.29 is 0 Å². The van der Waals surface area contributed by atoms with Crippen LogP contribution < -0.4 is 0 Å². The van der Waals surface area contributed by atoms with E-state index in [2.05, 4.69) is 200 Å². The number of hydrogen-bond acceptors (Lipinski definition) is 2. The molecule has 0 bridgehead atoms. The number of benzene rings is 10. The summed E-state index contributed by atoms with van der Waals surface area (Å²) in [5.41, 5.74) is 9.89. The van der Waals surface area contributed by atoms with Crippen LogP contribution in [0.2, 0.25) is 0 Å². The molecule has 1 heterocycles. The molecular weight excluding hydrogens is 833 g/mol. The Morgan fingerprint density at radius 3 is 0.985 bits per heavy atom. The molecule has 0 radical (unpaired) electrons. The highest BCUT2D eigenvalue weighted by Gasteiger charge is 2.02. The lowest BCUT2D eigenvalue weighted by Crippen LogP contribution is -1.89. The molecule has 0 aliphatic carbocycles. The van der Waals surface area contributed by atoms with Crippen LogP contribution in [0.15, 0.2) is 290 Å². The average Bonchev–Trinajstić information content (AvgIpc) is 3.79. The molecule has 0 N–H and O–H groups in total. The van der Waals surface area contributed by atoms with Crippen molar-refractivity contribution in [2.24, 2.45) is 0 Å². The second-order valence-electron chi connectivity index (χ2n) is 15.2. The predicted molar refractivity (Wildman–Crippen MR) is 289 cm³/mol. The van der Waals surface area contributed by atoms with Crippen LogP contribution in [0, 0.1) is 11.8 Å². The normalized spacial score (nSPS) is 9.89. The predicted octanol–water partition coefficient (Wildman–Crippen LogP) is 17.6. The van der Waals surface area contributed by atoms with Crippen LogP contribution in [0.3, 0.4) is 0 Å². The van der Waals surface area contributed by atoms with Crippen molar-refractivity contribution in [3.63, 3.8) is 0 Å². The van der Waals surface area contributed by atoms with E-state index in [0.29, 0.717) is 0 Å². The Morgan fingerprint density at radius 2 is 0.591 bits per heavy atom. The van der Waals surface area contributed by atoms with E-state index in [1.807, 2.05) is 121 Å². The van der Waals surface area contributed by atoms with Crippen molar-refractivity contribution in [2.75, 3.05) is 0 Å². The van der Waals surface area contributed by atoms with Gasteiger partial charge in [0.1, 0.15) is 0 Å². The fourth-order valence-corrected chi connectivity index (χ4v) is 8.43. The molecule has 10 aromatic carbocycles. The van der Waals surface area contributed by atoms with E-state index in [0.717, 1.165) is 28.9 Å². The summed E-state index contributed by atoms with van der Waals surface area (Å²) in [5, 5.41) is 2.76. The highest BCUT2D eigenvalue weighted by atomic mass is 32.1. The molecule has 0 saturated heterocycles. The quantitative estimate of drug-likeness (QED) is 0.129. The van der Waals surface area contributed by atoms with Gasteiger partial charge in [-0.25, -0.2) is 0 Å². The maximum atomic E-state index is 4.41. The van der Waals surface area contributed by atoms with Crippen molar-refractivity contribution in [2.45, 2.75) is 17.7 Å². The minimum absolute atomic E-state index is 1.02. The zero-order valence-corrected chi connectivity index (χ0v) is 38.6. The van der Waals surface area contributed by atoms with Gasteiger partial charge in [0.05, 0.1) is 0 Å².